The summed E-state index contributed by atoms with van der Waals surface area (Å²) in [5.74, 6) is -0.492. The van der Waals surface area contributed by atoms with E-state index in [9.17, 15) is 9.59 Å². The van der Waals surface area contributed by atoms with Gasteiger partial charge in [0.2, 0.25) is 0 Å². The van der Waals surface area contributed by atoms with E-state index in [1.807, 2.05) is 0 Å². The average Bonchev–Trinajstić information content (AvgIpc) is 2.18. The molecular weight excluding hydrogens is 220 g/mol. The Bertz CT molecular complexity index is 208. The Balaban J connectivity index is 3.35. The number of ether oxygens (including phenoxy) is 1. The monoisotopic (exact) mass is 234 g/mol. The lowest BCUT2D eigenvalue weighted by atomic mass is 10.5. The van der Waals surface area contributed by atoms with E-state index in [0.717, 1.165) is 11.5 Å². The standard InChI is InChI=1S/C8H14O4SSi/c1-3-7(9)12-5-4-8(10)13-6-14-11-2/h3H,1,4-6,14H2,2H3. The van der Waals surface area contributed by atoms with Crippen molar-refractivity contribution in [2.45, 2.75) is 6.42 Å². The molecule has 0 aromatic rings. The van der Waals surface area contributed by atoms with Gasteiger partial charge in [0.05, 0.1) is 13.0 Å². The molecule has 0 atom stereocenters. The molecule has 0 aliphatic rings. The topological polar surface area (TPSA) is 52.6 Å². The molecule has 0 saturated carbocycles. The number of rotatable bonds is 7. The van der Waals surface area contributed by atoms with E-state index < -0.39 is 15.7 Å². The van der Waals surface area contributed by atoms with E-state index in [1.54, 1.807) is 7.11 Å². The summed E-state index contributed by atoms with van der Waals surface area (Å²) in [6.07, 6.45) is 1.33. The lowest BCUT2D eigenvalue weighted by Gasteiger charge is -2.00. The van der Waals surface area contributed by atoms with Crippen LogP contribution in [0.5, 0.6) is 0 Å². The number of thioether (sulfide) groups is 1. The van der Waals surface area contributed by atoms with Gasteiger partial charge in [0.15, 0.2) is 14.9 Å². The summed E-state index contributed by atoms with van der Waals surface area (Å²) >= 11 is 1.24. The van der Waals surface area contributed by atoms with Crippen LogP contribution in [0.15, 0.2) is 12.7 Å². The van der Waals surface area contributed by atoms with Crippen LogP contribution in [0.2, 0.25) is 0 Å². The predicted molar refractivity (Wildman–Crippen MR) is 58.8 cm³/mol. The van der Waals surface area contributed by atoms with Gasteiger partial charge in [0, 0.05) is 18.6 Å². The number of hydrogen-bond acceptors (Lipinski definition) is 5. The first-order valence-electron chi connectivity index (χ1n) is 4.14. The normalized spacial score (nSPS) is 10.4. The Morgan fingerprint density at radius 2 is 2.29 bits per heavy atom. The molecule has 0 saturated heterocycles. The zero-order valence-electron chi connectivity index (χ0n) is 8.15. The van der Waals surface area contributed by atoms with Crippen molar-refractivity contribution in [3.8, 4) is 0 Å². The van der Waals surface area contributed by atoms with Crippen molar-refractivity contribution in [3.05, 3.63) is 12.7 Å². The van der Waals surface area contributed by atoms with Crippen molar-refractivity contribution >= 4 is 32.6 Å². The van der Waals surface area contributed by atoms with Crippen molar-refractivity contribution < 1.29 is 18.8 Å². The summed E-state index contributed by atoms with van der Waals surface area (Å²) in [4.78, 5) is 21.7. The summed E-state index contributed by atoms with van der Waals surface area (Å²) in [6.45, 7) is 3.37. The third kappa shape index (κ3) is 8.03. The van der Waals surface area contributed by atoms with Gasteiger partial charge in [0.1, 0.15) is 0 Å². The number of carbonyl (C=O) groups is 2. The van der Waals surface area contributed by atoms with Crippen molar-refractivity contribution in [3.63, 3.8) is 0 Å². The van der Waals surface area contributed by atoms with Crippen LogP contribution in [0.3, 0.4) is 0 Å². The molecule has 0 heterocycles. The van der Waals surface area contributed by atoms with Crippen LogP contribution < -0.4 is 0 Å². The van der Waals surface area contributed by atoms with E-state index in [-0.39, 0.29) is 18.1 Å². The summed E-state index contributed by atoms with van der Waals surface area (Å²) in [5.41, 5.74) is 0. The molecular formula is C8H14O4SSi. The second-order valence-corrected chi connectivity index (χ2v) is 5.70. The van der Waals surface area contributed by atoms with Crippen LogP contribution in [0.1, 0.15) is 6.42 Å². The molecule has 0 N–H and O–H groups in total. The quantitative estimate of drug-likeness (QED) is 0.270. The fraction of sp³-hybridized carbons (Fsp3) is 0.500. The third-order valence-corrected chi connectivity index (χ3v) is 3.69. The zero-order valence-corrected chi connectivity index (χ0v) is 10.4. The molecule has 0 rings (SSSR count). The fourth-order valence-corrected chi connectivity index (χ4v) is 2.74. The van der Waals surface area contributed by atoms with Gasteiger partial charge in [-0.25, -0.2) is 4.79 Å². The summed E-state index contributed by atoms with van der Waals surface area (Å²) < 4.78 is 9.58. The van der Waals surface area contributed by atoms with E-state index in [0.29, 0.717) is 0 Å². The van der Waals surface area contributed by atoms with Crippen LogP contribution in [0.4, 0.5) is 0 Å². The Kier molecular flexibility index (Phi) is 8.60. The lowest BCUT2D eigenvalue weighted by molar-refractivity contribution is -0.138. The van der Waals surface area contributed by atoms with Crippen LogP contribution >= 0.6 is 11.8 Å². The fourth-order valence-electron chi connectivity index (χ4n) is 0.605. The molecule has 0 fully saturated rings. The highest BCUT2D eigenvalue weighted by Gasteiger charge is 2.04. The average molecular weight is 234 g/mol. The predicted octanol–water partition coefficient (Wildman–Crippen LogP) is 0.0532. The van der Waals surface area contributed by atoms with Crippen LogP contribution in [-0.4, -0.2) is 39.9 Å². The van der Waals surface area contributed by atoms with Gasteiger partial charge in [-0.2, -0.15) is 0 Å². The Morgan fingerprint density at radius 1 is 1.57 bits per heavy atom. The molecule has 0 bridgehead atoms. The van der Waals surface area contributed by atoms with Crippen LogP contribution in [0.25, 0.3) is 0 Å². The molecule has 0 amide bonds. The smallest absolute Gasteiger partial charge is 0.330 e. The second kappa shape index (κ2) is 8.98. The number of hydrogen-bond donors (Lipinski definition) is 0. The third-order valence-electron chi connectivity index (χ3n) is 1.27. The maximum atomic E-state index is 11.1. The highest BCUT2D eigenvalue weighted by molar-refractivity contribution is 8.14. The molecule has 4 nitrogen and oxygen atoms in total. The minimum Gasteiger partial charge on any atom is -0.462 e. The van der Waals surface area contributed by atoms with Crippen LogP contribution in [-0.2, 0) is 18.8 Å². The van der Waals surface area contributed by atoms with E-state index >= 15 is 0 Å². The largest absolute Gasteiger partial charge is 0.462 e. The van der Waals surface area contributed by atoms with Gasteiger partial charge in [-0.1, -0.05) is 18.3 Å². The SMILES string of the molecule is C=CC(=O)OCCC(=O)SC[SiH2]OC. The first kappa shape index (κ1) is 13.4. The highest BCUT2D eigenvalue weighted by atomic mass is 32.2. The molecule has 0 aromatic carbocycles. The van der Waals surface area contributed by atoms with Gasteiger partial charge < -0.3 is 9.16 Å². The summed E-state index contributed by atoms with van der Waals surface area (Å²) in [7, 11) is 1.10. The van der Waals surface area contributed by atoms with Crippen molar-refractivity contribution in [1.29, 1.82) is 0 Å². The molecule has 14 heavy (non-hydrogen) atoms. The molecule has 0 aromatic heterocycles. The molecule has 0 aliphatic carbocycles. The lowest BCUT2D eigenvalue weighted by Crippen LogP contribution is -2.07. The number of carbonyl (C=O) groups excluding carboxylic acids is 2. The van der Waals surface area contributed by atoms with Gasteiger partial charge in [-0.15, -0.1) is 0 Å². The Hall–Kier alpha value is -0.593. The minimum absolute atomic E-state index is 0.0337. The molecule has 0 spiro atoms. The minimum atomic E-state index is -0.546. The number of esters is 1. The van der Waals surface area contributed by atoms with Crippen molar-refractivity contribution in [1.82, 2.24) is 0 Å². The molecule has 80 valence electrons. The van der Waals surface area contributed by atoms with Gasteiger partial charge in [-0.05, 0) is 0 Å². The van der Waals surface area contributed by atoms with Gasteiger partial charge in [-0.3, -0.25) is 4.79 Å². The van der Waals surface area contributed by atoms with E-state index in [1.165, 1.54) is 11.8 Å². The Labute approximate surface area is 90.0 Å². The van der Waals surface area contributed by atoms with Crippen molar-refractivity contribution in [2.75, 3.05) is 19.1 Å². The first-order valence-corrected chi connectivity index (χ1v) is 6.70. The highest BCUT2D eigenvalue weighted by Crippen LogP contribution is 2.04. The van der Waals surface area contributed by atoms with E-state index in [2.05, 4.69) is 11.3 Å². The molecule has 0 radical (unpaired) electrons. The van der Waals surface area contributed by atoms with E-state index in [4.69, 9.17) is 4.43 Å². The summed E-state index contributed by atoms with van der Waals surface area (Å²) in [5, 5.41) is 0.802. The Morgan fingerprint density at radius 3 is 2.86 bits per heavy atom. The van der Waals surface area contributed by atoms with Crippen molar-refractivity contribution in [2.24, 2.45) is 0 Å². The van der Waals surface area contributed by atoms with Gasteiger partial charge >= 0.3 is 5.97 Å². The first-order chi connectivity index (χ1) is 6.70. The maximum Gasteiger partial charge on any atom is 0.330 e. The molecule has 0 unspecified atom stereocenters. The molecule has 0 aliphatic heterocycles. The van der Waals surface area contributed by atoms with Crippen LogP contribution in [0, 0.1) is 0 Å². The second-order valence-electron chi connectivity index (χ2n) is 2.33. The molecule has 6 heteroatoms. The van der Waals surface area contributed by atoms with Gasteiger partial charge in [0.25, 0.3) is 0 Å². The zero-order chi connectivity index (χ0) is 10.8. The summed E-state index contributed by atoms with van der Waals surface area (Å²) in [6, 6.07) is 0. The maximum absolute atomic E-state index is 11.1.